The molecule has 0 aliphatic heterocycles. The Bertz CT molecular complexity index is 893. The van der Waals surface area contributed by atoms with Gasteiger partial charge in [-0.2, -0.15) is 0 Å². The summed E-state index contributed by atoms with van der Waals surface area (Å²) in [5, 5.41) is 0. The lowest BCUT2D eigenvalue weighted by Gasteiger charge is -2.17. The maximum atomic E-state index is 13.0. The van der Waals surface area contributed by atoms with Gasteiger partial charge in [-0.1, -0.05) is 13.3 Å². The lowest BCUT2D eigenvalue weighted by molar-refractivity contribution is 0.283. The lowest BCUT2D eigenvalue weighted by atomic mass is 10.3. The van der Waals surface area contributed by atoms with E-state index in [0.717, 1.165) is 42.1 Å². The molecule has 0 unspecified atom stereocenters. The van der Waals surface area contributed by atoms with E-state index in [1.165, 1.54) is 18.6 Å². The summed E-state index contributed by atoms with van der Waals surface area (Å²) in [7, 11) is 3.78. The third kappa shape index (κ3) is 5.01. The zero-order valence-electron chi connectivity index (χ0n) is 16.8. The molecule has 1 aromatic heterocycles. The van der Waals surface area contributed by atoms with E-state index in [1.807, 2.05) is 18.2 Å². The molecule has 0 aliphatic rings. The Hall–Kier alpha value is -2.60. The van der Waals surface area contributed by atoms with Gasteiger partial charge in [0.1, 0.15) is 29.7 Å². The Balaban J connectivity index is 1.78. The van der Waals surface area contributed by atoms with Crippen LogP contribution >= 0.6 is 0 Å². The molecule has 150 valence electrons. The van der Waals surface area contributed by atoms with E-state index in [9.17, 15) is 4.39 Å². The fraction of sp³-hybridized carbons (Fsp3) is 0.409. The molecule has 0 N–H and O–H groups in total. The van der Waals surface area contributed by atoms with Crippen molar-refractivity contribution in [2.24, 2.45) is 0 Å². The van der Waals surface area contributed by atoms with Crippen LogP contribution in [0.4, 0.5) is 4.39 Å². The van der Waals surface area contributed by atoms with Crippen LogP contribution < -0.4 is 9.47 Å². The van der Waals surface area contributed by atoms with Gasteiger partial charge in [0.25, 0.3) is 0 Å². The van der Waals surface area contributed by atoms with Crippen molar-refractivity contribution in [1.82, 2.24) is 14.5 Å². The Kier molecular flexibility index (Phi) is 6.87. The first-order valence-corrected chi connectivity index (χ1v) is 9.70. The zero-order valence-corrected chi connectivity index (χ0v) is 16.8. The molecule has 0 amide bonds. The lowest BCUT2D eigenvalue weighted by Crippen LogP contribution is -2.22. The number of imidazole rings is 1. The predicted molar refractivity (Wildman–Crippen MR) is 109 cm³/mol. The molecule has 0 fully saturated rings. The maximum absolute atomic E-state index is 13.0. The first-order valence-electron chi connectivity index (χ1n) is 9.70. The molecule has 1 heterocycles. The standard InChI is InChI=1S/C22H28FN3O2/c1-4-5-12-25(2)16-22-24-20-15-19(27-3)10-11-21(20)26(22)13-14-28-18-8-6-17(23)7-9-18/h6-11,15H,4-5,12-14,16H2,1-3H3. The van der Waals surface area contributed by atoms with Crippen LogP contribution in [0.5, 0.6) is 11.5 Å². The molecule has 0 radical (unpaired) electrons. The molecule has 3 aromatic rings. The van der Waals surface area contributed by atoms with Crippen LogP contribution in [0, 0.1) is 5.82 Å². The maximum Gasteiger partial charge on any atom is 0.124 e. The van der Waals surface area contributed by atoms with Crippen LogP contribution in [0.1, 0.15) is 25.6 Å². The smallest absolute Gasteiger partial charge is 0.124 e. The number of ether oxygens (including phenoxy) is 2. The average molecular weight is 385 g/mol. The normalized spacial score (nSPS) is 11.3. The van der Waals surface area contributed by atoms with E-state index in [1.54, 1.807) is 19.2 Å². The Labute approximate surface area is 165 Å². The summed E-state index contributed by atoms with van der Waals surface area (Å²) in [5.74, 6) is 2.20. The highest BCUT2D eigenvalue weighted by molar-refractivity contribution is 5.77. The highest BCUT2D eigenvalue weighted by Gasteiger charge is 2.13. The van der Waals surface area contributed by atoms with Crippen molar-refractivity contribution in [1.29, 1.82) is 0 Å². The number of fused-ring (bicyclic) bond motifs is 1. The SMILES string of the molecule is CCCCN(C)Cc1nc2cc(OC)ccc2n1CCOc1ccc(F)cc1. The van der Waals surface area contributed by atoms with Crippen molar-refractivity contribution in [3.8, 4) is 11.5 Å². The van der Waals surface area contributed by atoms with Crippen molar-refractivity contribution >= 4 is 11.0 Å². The first-order chi connectivity index (χ1) is 13.6. The number of hydrogen-bond acceptors (Lipinski definition) is 4. The Morgan fingerprint density at radius 2 is 1.86 bits per heavy atom. The number of nitrogens with zero attached hydrogens (tertiary/aromatic N) is 3. The second-order valence-corrected chi connectivity index (χ2v) is 6.93. The van der Waals surface area contributed by atoms with E-state index < -0.39 is 0 Å². The summed E-state index contributed by atoms with van der Waals surface area (Å²) < 4.78 is 26.4. The van der Waals surface area contributed by atoms with Crippen LogP contribution in [-0.2, 0) is 13.1 Å². The molecule has 0 saturated heterocycles. The molecule has 5 nitrogen and oxygen atoms in total. The van der Waals surface area contributed by atoms with Gasteiger partial charge in [-0.15, -0.1) is 0 Å². The average Bonchev–Trinajstić information content (AvgIpc) is 3.04. The third-order valence-corrected chi connectivity index (χ3v) is 4.74. The Morgan fingerprint density at radius 3 is 2.57 bits per heavy atom. The molecule has 0 bridgehead atoms. The van der Waals surface area contributed by atoms with E-state index in [-0.39, 0.29) is 5.82 Å². The highest BCUT2D eigenvalue weighted by Crippen LogP contribution is 2.23. The van der Waals surface area contributed by atoms with Gasteiger partial charge < -0.3 is 14.0 Å². The summed E-state index contributed by atoms with van der Waals surface area (Å²) in [6.07, 6.45) is 2.34. The fourth-order valence-corrected chi connectivity index (χ4v) is 3.19. The van der Waals surface area contributed by atoms with Crippen LogP contribution in [0.25, 0.3) is 11.0 Å². The van der Waals surface area contributed by atoms with E-state index in [0.29, 0.717) is 18.9 Å². The van der Waals surface area contributed by atoms with Gasteiger partial charge in [-0.3, -0.25) is 4.90 Å². The number of unbranched alkanes of at least 4 members (excludes halogenated alkanes) is 1. The van der Waals surface area contributed by atoms with Gasteiger partial charge in [-0.05, 0) is 56.4 Å². The molecule has 0 atom stereocenters. The fourth-order valence-electron chi connectivity index (χ4n) is 3.19. The van der Waals surface area contributed by atoms with Gasteiger partial charge in [0, 0.05) is 6.07 Å². The van der Waals surface area contributed by atoms with Gasteiger partial charge >= 0.3 is 0 Å². The minimum absolute atomic E-state index is 0.265. The van der Waals surface area contributed by atoms with Gasteiger partial charge in [0.05, 0.1) is 31.2 Å². The molecule has 0 saturated carbocycles. The monoisotopic (exact) mass is 385 g/mol. The second kappa shape index (κ2) is 9.55. The number of rotatable bonds is 10. The highest BCUT2D eigenvalue weighted by atomic mass is 19.1. The second-order valence-electron chi connectivity index (χ2n) is 6.93. The number of benzene rings is 2. The zero-order chi connectivity index (χ0) is 19.9. The van der Waals surface area contributed by atoms with Crippen molar-refractivity contribution in [2.45, 2.75) is 32.9 Å². The number of hydrogen-bond donors (Lipinski definition) is 0. The summed E-state index contributed by atoms with van der Waals surface area (Å²) in [6.45, 7) is 5.15. The van der Waals surface area contributed by atoms with Crippen LogP contribution in [0.2, 0.25) is 0 Å². The number of aromatic nitrogens is 2. The Morgan fingerprint density at radius 1 is 1.11 bits per heavy atom. The summed E-state index contributed by atoms with van der Waals surface area (Å²) >= 11 is 0. The third-order valence-electron chi connectivity index (χ3n) is 4.74. The van der Waals surface area contributed by atoms with E-state index in [4.69, 9.17) is 14.5 Å². The summed E-state index contributed by atoms with van der Waals surface area (Å²) in [6, 6.07) is 12.0. The van der Waals surface area contributed by atoms with Crippen molar-refractivity contribution in [3.05, 3.63) is 54.1 Å². The summed E-state index contributed by atoms with van der Waals surface area (Å²) in [5.41, 5.74) is 1.97. The van der Waals surface area contributed by atoms with Crippen LogP contribution in [0.3, 0.4) is 0 Å². The van der Waals surface area contributed by atoms with Crippen molar-refractivity contribution in [2.75, 3.05) is 27.3 Å². The summed E-state index contributed by atoms with van der Waals surface area (Å²) in [4.78, 5) is 7.13. The minimum Gasteiger partial charge on any atom is -0.497 e. The molecule has 0 aliphatic carbocycles. The number of halogens is 1. The molecular weight excluding hydrogens is 357 g/mol. The topological polar surface area (TPSA) is 39.5 Å². The van der Waals surface area contributed by atoms with Crippen molar-refractivity contribution < 1.29 is 13.9 Å². The number of methoxy groups -OCH3 is 1. The van der Waals surface area contributed by atoms with Gasteiger partial charge in [-0.25, -0.2) is 9.37 Å². The minimum atomic E-state index is -0.265. The largest absolute Gasteiger partial charge is 0.497 e. The molecule has 2 aromatic carbocycles. The van der Waals surface area contributed by atoms with Gasteiger partial charge in [0.2, 0.25) is 0 Å². The predicted octanol–water partition coefficient (Wildman–Crippen LogP) is 4.49. The van der Waals surface area contributed by atoms with Crippen LogP contribution in [-0.4, -0.2) is 41.8 Å². The first kappa shape index (κ1) is 20.1. The van der Waals surface area contributed by atoms with Gasteiger partial charge in [0.15, 0.2) is 0 Å². The van der Waals surface area contributed by atoms with Crippen molar-refractivity contribution in [3.63, 3.8) is 0 Å². The molecule has 6 heteroatoms. The molecule has 28 heavy (non-hydrogen) atoms. The van der Waals surface area contributed by atoms with E-state index >= 15 is 0 Å². The quantitative estimate of drug-likeness (QED) is 0.515. The van der Waals surface area contributed by atoms with Crippen LogP contribution in [0.15, 0.2) is 42.5 Å². The molecule has 0 spiro atoms. The van der Waals surface area contributed by atoms with E-state index in [2.05, 4.69) is 23.4 Å². The molecule has 3 rings (SSSR count). The molecular formula is C22H28FN3O2.